The Morgan fingerprint density at radius 1 is 1.35 bits per heavy atom. The predicted molar refractivity (Wildman–Crippen MR) is 68.9 cm³/mol. The van der Waals surface area contributed by atoms with Gasteiger partial charge in [0.2, 0.25) is 5.91 Å². The Bertz CT molecular complexity index is 378. The van der Waals surface area contributed by atoms with Crippen LogP contribution in [0.15, 0.2) is 24.3 Å². The molecule has 1 aromatic carbocycles. The third-order valence-corrected chi connectivity index (χ3v) is 3.36. The highest BCUT2D eigenvalue weighted by Crippen LogP contribution is 2.21. The van der Waals surface area contributed by atoms with Crippen molar-refractivity contribution in [3.05, 3.63) is 35.4 Å². The fraction of sp³-hybridized carbons (Fsp3) is 0.500. The molecule has 1 atom stereocenters. The van der Waals surface area contributed by atoms with Crippen LogP contribution >= 0.6 is 0 Å². The van der Waals surface area contributed by atoms with Crippen LogP contribution in [0.25, 0.3) is 0 Å². The van der Waals surface area contributed by atoms with Crippen LogP contribution in [-0.2, 0) is 17.6 Å². The number of nitrogens with one attached hydrogen (secondary N) is 2. The van der Waals surface area contributed by atoms with Gasteiger partial charge in [0, 0.05) is 18.5 Å². The molecule has 0 radical (unpaired) electrons. The summed E-state index contributed by atoms with van der Waals surface area (Å²) in [5.74, 6) is 0.181. The van der Waals surface area contributed by atoms with Crippen LogP contribution < -0.4 is 10.6 Å². The average Bonchev–Trinajstić information content (AvgIpc) is 2.71. The van der Waals surface area contributed by atoms with Crippen LogP contribution in [0, 0.1) is 5.92 Å². The van der Waals surface area contributed by atoms with E-state index in [1.807, 2.05) is 14.0 Å². The predicted octanol–water partition coefficient (Wildman–Crippen LogP) is 1.13. The number of carbonyl (C=O) groups excluding carboxylic acids is 1. The van der Waals surface area contributed by atoms with Crippen molar-refractivity contribution in [2.24, 2.45) is 5.92 Å². The summed E-state index contributed by atoms with van der Waals surface area (Å²) in [5.41, 5.74) is 2.75. The minimum atomic E-state index is 0.0312. The molecule has 92 valence electrons. The summed E-state index contributed by atoms with van der Waals surface area (Å²) in [7, 11) is 1.87. The summed E-state index contributed by atoms with van der Waals surface area (Å²) >= 11 is 0. The molecule has 0 fully saturated rings. The summed E-state index contributed by atoms with van der Waals surface area (Å²) < 4.78 is 0. The van der Waals surface area contributed by atoms with Crippen molar-refractivity contribution >= 4 is 5.91 Å². The van der Waals surface area contributed by atoms with Crippen molar-refractivity contribution in [2.45, 2.75) is 25.8 Å². The number of carbonyl (C=O) groups is 1. The molecular weight excluding hydrogens is 212 g/mol. The molecule has 2 N–H and O–H groups in total. The van der Waals surface area contributed by atoms with E-state index >= 15 is 0 Å². The van der Waals surface area contributed by atoms with Crippen molar-refractivity contribution in [2.75, 3.05) is 13.6 Å². The molecule has 1 aliphatic rings. The maximum Gasteiger partial charge on any atom is 0.224 e. The first kappa shape index (κ1) is 12.1. The standard InChI is InChI=1S/C14H20N2O/c1-10(9-15-2)14(17)16-13-7-11-5-3-4-6-12(11)8-13/h3-6,10,13,15H,7-9H2,1-2H3,(H,16,17). The molecule has 1 aliphatic carbocycles. The molecule has 0 saturated heterocycles. The summed E-state index contributed by atoms with van der Waals surface area (Å²) in [6.45, 7) is 2.68. The lowest BCUT2D eigenvalue weighted by atomic mass is 10.1. The average molecular weight is 232 g/mol. The Morgan fingerprint density at radius 3 is 2.47 bits per heavy atom. The topological polar surface area (TPSA) is 41.1 Å². The van der Waals surface area contributed by atoms with E-state index in [1.54, 1.807) is 0 Å². The van der Waals surface area contributed by atoms with Crippen molar-refractivity contribution in [1.82, 2.24) is 10.6 Å². The Hall–Kier alpha value is -1.35. The Kier molecular flexibility index (Phi) is 3.79. The maximum atomic E-state index is 11.9. The van der Waals surface area contributed by atoms with Gasteiger partial charge in [-0.15, -0.1) is 0 Å². The van der Waals surface area contributed by atoms with Gasteiger partial charge in [0.25, 0.3) is 0 Å². The maximum absolute atomic E-state index is 11.9. The van der Waals surface area contributed by atoms with Crippen LogP contribution in [-0.4, -0.2) is 25.5 Å². The number of benzene rings is 1. The van der Waals surface area contributed by atoms with Crippen LogP contribution in [0.2, 0.25) is 0 Å². The molecule has 3 nitrogen and oxygen atoms in total. The van der Waals surface area contributed by atoms with E-state index in [9.17, 15) is 4.79 Å². The van der Waals surface area contributed by atoms with E-state index in [0.29, 0.717) is 0 Å². The lowest BCUT2D eigenvalue weighted by Crippen LogP contribution is -2.41. The zero-order valence-electron chi connectivity index (χ0n) is 10.5. The van der Waals surface area contributed by atoms with Crippen LogP contribution in [0.5, 0.6) is 0 Å². The number of amides is 1. The fourth-order valence-electron chi connectivity index (χ4n) is 2.40. The summed E-state index contributed by atoms with van der Waals surface area (Å²) in [6.07, 6.45) is 1.93. The molecule has 0 spiro atoms. The second kappa shape index (κ2) is 5.32. The highest BCUT2D eigenvalue weighted by Gasteiger charge is 2.23. The van der Waals surface area contributed by atoms with Crippen molar-refractivity contribution in [3.63, 3.8) is 0 Å². The molecule has 0 aliphatic heterocycles. The molecule has 1 amide bonds. The van der Waals surface area contributed by atoms with E-state index in [2.05, 4.69) is 34.9 Å². The fourth-order valence-corrected chi connectivity index (χ4v) is 2.40. The second-order valence-electron chi connectivity index (χ2n) is 4.84. The number of rotatable bonds is 4. The highest BCUT2D eigenvalue weighted by atomic mass is 16.1. The second-order valence-corrected chi connectivity index (χ2v) is 4.84. The van der Waals surface area contributed by atoms with Crippen LogP contribution in [0.4, 0.5) is 0 Å². The molecule has 2 rings (SSSR count). The lowest BCUT2D eigenvalue weighted by Gasteiger charge is -2.16. The lowest BCUT2D eigenvalue weighted by molar-refractivity contribution is -0.125. The SMILES string of the molecule is CNCC(C)C(=O)NC1Cc2ccccc2C1. The first-order chi connectivity index (χ1) is 8.20. The number of hydrogen-bond acceptors (Lipinski definition) is 2. The molecule has 0 heterocycles. The molecule has 1 unspecified atom stereocenters. The summed E-state index contributed by atoms with van der Waals surface area (Å²) in [6, 6.07) is 8.70. The first-order valence-electron chi connectivity index (χ1n) is 6.22. The van der Waals surface area contributed by atoms with E-state index in [1.165, 1.54) is 11.1 Å². The van der Waals surface area contributed by atoms with Crippen LogP contribution in [0.1, 0.15) is 18.1 Å². The minimum absolute atomic E-state index is 0.0312. The zero-order valence-corrected chi connectivity index (χ0v) is 10.5. The van der Waals surface area contributed by atoms with E-state index in [0.717, 1.165) is 19.4 Å². The third kappa shape index (κ3) is 2.86. The van der Waals surface area contributed by atoms with Crippen molar-refractivity contribution in [1.29, 1.82) is 0 Å². The molecule has 0 saturated carbocycles. The van der Waals surface area contributed by atoms with Gasteiger partial charge in [0.15, 0.2) is 0 Å². The molecular formula is C14H20N2O. The van der Waals surface area contributed by atoms with Gasteiger partial charge in [-0.05, 0) is 31.0 Å². The number of hydrogen-bond donors (Lipinski definition) is 2. The highest BCUT2D eigenvalue weighted by molar-refractivity contribution is 5.79. The summed E-state index contributed by atoms with van der Waals surface area (Å²) in [5, 5.41) is 6.16. The van der Waals surface area contributed by atoms with E-state index in [-0.39, 0.29) is 17.9 Å². The van der Waals surface area contributed by atoms with Crippen molar-refractivity contribution < 1.29 is 4.79 Å². The van der Waals surface area contributed by atoms with E-state index < -0.39 is 0 Å². The molecule has 0 aromatic heterocycles. The van der Waals surface area contributed by atoms with Gasteiger partial charge in [-0.2, -0.15) is 0 Å². The summed E-state index contributed by atoms with van der Waals surface area (Å²) in [4.78, 5) is 11.9. The van der Waals surface area contributed by atoms with Crippen molar-refractivity contribution in [3.8, 4) is 0 Å². The minimum Gasteiger partial charge on any atom is -0.352 e. The quantitative estimate of drug-likeness (QED) is 0.817. The largest absolute Gasteiger partial charge is 0.352 e. The number of fused-ring (bicyclic) bond motifs is 1. The van der Waals surface area contributed by atoms with E-state index in [4.69, 9.17) is 0 Å². The van der Waals surface area contributed by atoms with Crippen LogP contribution in [0.3, 0.4) is 0 Å². The normalized spacial score (nSPS) is 16.6. The Morgan fingerprint density at radius 2 is 1.94 bits per heavy atom. The monoisotopic (exact) mass is 232 g/mol. The van der Waals surface area contributed by atoms with Gasteiger partial charge in [-0.1, -0.05) is 31.2 Å². The van der Waals surface area contributed by atoms with Gasteiger partial charge in [-0.25, -0.2) is 0 Å². The Labute approximate surface area is 103 Å². The molecule has 0 bridgehead atoms. The van der Waals surface area contributed by atoms with Gasteiger partial charge >= 0.3 is 0 Å². The Balaban J connectivity index is 1.89. The smallest absolute Gasteiger partial charge is 0.224 e. The van der Waals surface area contributed by atoms with Gasteiger partial charge in [0.05, 0.1) is 0 Å². The molecule has 17 heavy (non-hydrogen) atoms. The molecule has 1 aromatic rings. The first-order valence-corrected chi connectivity index (χ1v) is 6.22. The molecule has 3 heteroatoms. The van der Waals surface area contributed by atoms with Gasteiger partial charge in [-0.3, -0.25) is 4.79 Å². The van der Waals surface area contributed by atoms with Gasteiger partial charge in [0.1, 0.15) is 0 Å². The van der Waals surface area contributed by atoms with Gasteiger partial charge < -0.3 is 10.6 Å². The third-order valence-electron chi connectivity index (χ3n) is 3.36. The zero-order chi connectivity index (χ0) is 12.3.